The van der Waals surface area contributed by atoms with Gasteiger partial charge in [-0.25, -0.2) is 4.98 Å². The lowest BCUT2D eigenvalue weighted by Crippen LogP contribution is -2.40. The molecule has 0 aliphatic heterocycles. The number of nitrogens with two attached hydrogens (primary N) is 1. The summed E-state index contributed by atoms with van der Waals surface area (Å²) in [4.78, 5) is 16.0. The molecular weight excluding hydrogens is 246 g/mol. The SMILES string of the molecule is CC(CNC(=O)CC(N)C(C)(C)C)c1nccs1. The molecule has 0 saturated heterocycles. The second-order valence-corrected chi connectivity index (χ2v) is 6.68. The van der Waals surface area contributed by atoms with Crippen LogP contribution in [-0.2, 0) is 4.79 Å². The van der Waals surface area contributed by atoms with Crippen molar-refractivity contribution in [3.63, 3.8) is 0 Å². The van der Waals surface area contributed by atoms with E-state index >= 15 is 0 Å². The number of amides is 1. The number of carbonyl (C=O) groups excluding carboxylic acids is 1. The van der Waals surface area contributed by atoms with Crippen LogP contribution in [0.5, 0.6) is 0 Å². The van der Waals surface area contributed by atoms with Crippen molar-refractivity contribution in [1.82, 2.24) is 10.3 Å². The summed E-state index contributed by atoms with van der Waals surface area (Å²) < 4.78 is 0. The lowest BCUT2D eigenvalue weighted by molar-refractivity contribution is -0.122. The van der Waals surface area contributed by atoms with Gasteiger partial charge in [0.25, 0.3) is 0 Å². The molecule has 2 unspecified atom stereocenters. The smallest absolute Gasteiger partial charge is 0.221 e. The van der Waals surface area contributed by atoms with E-state index in [1.54, 1.807) is 17.5 Å². The van der Waals surface area contributed by atoms with Gasteiger partial charge in [0.2, 0.25) is 5.91 Å². The first-order valence-corrected chi connectivity index (χ1v) is 7.10. The van der Waals surface area contributed by atoms with E-state index in [0.29, 0.717) is 13.0 Å². The van der Waals surface area contributed by atoms with Gasteiger partial charge in [-0.05, 0) is 5.41 Å². The molecule has 1 rings (SSSR count). The summed E-state index contributed by atoms with van der Waals surface area (Å²) in [6.07, 6.45) is 2.15. The Bertz CT molecular complexity index is 370. The topological polar surface area (TPSA) is 68.0 Å². The summed E-state index contributed by atoms with van der Waals surface area (Å²) in [6.45, 7) is 8.81. The molecular formula is C13H23N3OS. The number of thiazole rings is 1. The zero-order valence-corrected chi connectivity index (χ0v) is 12.4. The Hall–Kier alpha value is -0.940. The number of nitrogens with one attached hydrogen (secondary N) is 1. The first kappa shape index (κ1) is 15.1. The van der Waals surface area contributed by atoms with Crippen molar-refractivity contribution in [3.8, 4) is 0 Å². The highest BCUT2D eigenvalue weighted by Gasteiger charge is 2.23. The standard InChI is InChI=1S/C13H23N3OS/c1-9(12-15-5-6-18-12)8-16-11(17)7-10(14)13(2,3)4/h5-6,9-10H,7-8,14H2,1-4H3,(H,16,17). The van der Waals surface area contributed by atoms with Crippen molar-refractivity contribution in [2.24, 2.45) is 11.1 Å². The molecule has 0 aliphatic rings. The van der Waals surface area contributed by atoms with Crippen molar-refractivity contribution in [2.75, 3.05) is 6.54 Å². The summed E-state index contributed by atoms with van der Waals surface area (Å²) in [7, 11) is 0. The molecule has 0 bridgehead atoms. The zero-order valence-electron chi connectivity index (χ0n) is 11.6. The number of rotatable bonds is 5. The molecule has 18 heavy (non-hydrogen) atoms. The monoisotopic (exact) mass is 269 g/mol. The maximum absolute atomic E-state index is 11.8. The van der Waals surface area contributed by atoms with Gasteiger partial charge in [0.1, 0.15) is 0 Å². The van der Waals surface area contributed by atoms with Crippen LogP contribution in [0.4, 0.5) is 0 Å². The van der Waals surface area contributed by atoms with Gasteiger partial charge >= 0.3 is 0 Å². The van der Waals surface area contributed by atoms with E-state index in [1.807, 2.05) is 26.2 Å². The molecule has 0 saturated carbocycles. The average molecular weight is 269 g/mol. The number of hydrogen-bond donors (Lipinski definition) is 2. The van der Waals surface area contributed by atoms with Gasteiger partial charge < -0.3 is 11.1 Å². The Labute approximate surface area is 113 Å². The summed E-state index contributed by atoms with van der Waals surface area (Å²) in [5.74, 6) is 0.264. The Morgan fingerprint density at radius 2 is 2.22 bits per heavy atom. The Morgan fingerprint density at radius 1 is 1.56 bits per heavy atom. The normalized spacial score (nSPS) is 15.2. The van der Waals surface area contributed by atoms with E-state index < -0.39 is 0 Å². The molecule has 2 atom stereocenters. The second kappa shape index (κ2) is 6.29. The number of aromatic nitrogens is 1. The van der Waals surface area contributed by atoms with Gasteiger partial charge in [0.05, 0.1) is 5.01 Å². The summed E-state index contributed by atoms with van der Waals surface area (Å²) >= 11 is 1.61. The molecule has 0 radical (unpaired) electrons. The summed E-state index contributed by atoms with van der Waals surface area (Å²) in [5.41, 5.74) is 5.94. The molecule has 0 aromatic carbocycles. The fraction of sp³-hybridized carbons (Fsp3) is 0.692. The van der Waals surface area contributed by atoms with Crippen LogP contribution < -0.4 is 11.1 Å². The van der Waals surface area contributed by atoms with E-state index in [1.165, 1.54) is 0 Å². The summed E-state index contributed by atoms with van der Waals surface area (Å²) in [5, 5.41) is 5.92. The van der Waals surface area contributed by atoms with Crippen LogP contribution in [0.15, 0.2) is 11.6 Å². The molecule has 1 aromatic rings. The molecule has 102 valence electrons. The number of nitrogens with zero attached hydrogens (tertiary/aromatic N) is 1. The molecule has 1 amide bonds. The van der Waals surface area contributed by atoms with Gasteiger partial charge in [-0.3, -0.25) is 4.79 Å². The zero-order chi connectivity index (χ0) is 13.8. The lowest BCUT2D eigenvalue weighted by atomic mass is 9.85. The average Bonchev–Trinajstić information content (AvgIpc) is 2.77. The van der Waals surface area contributed by atoms with Crippen molar-refractivity contribution in [2.45, 2.75) is 46.1 Å². The van der Waals surface area contributed by atoms with Crippen LogP contribution in [-0.4, -0.2) is 23.5 Å². The van der Waals surface area contributed by atoms with Gasteiger partial charge in [0, 0.05) is 36.5 Å². The maximum atomic E-state index is 11.8. The Kier molecular flexibility index (Phi) is 5.28. The highest BCUT2D eigenvalue weighted by molar-refractivity contribution is 7.09. The van der Waals surface area contributed by atoms with Crippen LogP contribution in [0.1, 0.15) is 45.0 Å². The molecule has 0 spiro atoms. The van der Waals surface area contributed by atoms with E-state index in [-0.39, 0.29) is 23.3 Å². The van der Waals surface area contributed by atoms with Crippen LogP contribution in [0.2, 0.25) is 0 Å². The highest BCUT2D eigenvalue weighted by Crippen LogP contribution is 2.20. The van der Waals surface area contributed by atoms with Crippen molar-refractivity contribution in [1.29, 1.82) is 0 Å². The first-order valence-electron chi connectivity index (χ1n) is 6.22. The maximum Gasteiger partial charge on any atom is 0.221 e. The summed E-state index contributed by atoms with van der Waals surface area (Å²) in [6, 6.07) is -0.118. The van der Waals surface area contributed by atoms with Gasteiger partial charge in [0.15, 0.2) is 0 Å². The van der Waals surface area contributed by atoms with E-state index in [0.717, 1.165) is 5.01 Å². The van der Waals surface area contributed by atoms with Gasteiger partial charge in [-0.2, -0.15) is 0 Å². The van der Waals surface area contributed by atoms with Crippen molar-refractivity contribution < 1.29 is 4.79 Å². The molecule has 0 aliphatic carbocycles. The van der Waals surface area contributed by atoms with E-state index in [9.17, 15) is 4.79 Å². The lowest BCUT2D eigenvalue weighted by Gasteiger charge is -2.26. The molecule has 0 fully saturated rings. The highest BCUT2D eigenvalue weighted by atomic mass is 32.1. The van der Waals surface area contributed by atoms with Gasteiger partial charge in [-0.15, -0.1) is 11.3 Å². The third-order valence-electron chi connectivity index (χ3n) is 3.00. The minimum atomic E-state index is -0.118. The van der Waals surface area contributed by atoms with Crippen LogP contribution >= 0.6 is 11.3 Å². The predicted octanol–water partition coefficient (Wildman–Crippen LogP) is 2.13. The molecule has 1 aromatic heterocycles. The minimum Gasteiger partial charge on any atom is -0.355 e. The van der Waals surface area contributed by atoms with Gasteiger partial charge in [-0.1, -0.05) is 27.7 Å². The van der Waals surface area contributed by atoms with Crippen molar-refractivity contribution in [3.05, 3.63) is 16.6 Å². The van der Waals surface area contributed by atoms with E-state index in [4.69, 9.17) is 5.73 Å². The second-order valence-electron chi connectivity index (χ2n) is 5.75. The molecule has 4 nitrogen and oxygen atoms in total. The Balaban J connectivity index is 2.34. The molecule has 1 heterocycles. The third-order valence-corrected chi connectivity index (χ3v) is 4.00. The van der Waals surface area contributed by atoms with Crippen molar-refractivity contribution >= 4 is 17.2 Å². The van der Waals surface area contributed by atoms with E-state index in [2.05, 4.69) is 17.2 Å². The van der Waals surface area contributed by atoms with Crippen LogP contribution in [0.3, 0.4) is 0 Å². The quantitative estimate of drug-likeness (QED) is 0.860. The number of carbonyl (C=O) groups is 1. The first-order chi connectivity index (χ1) is 8.30. The van der Waals surface area contributed by atoms with Crippen LogP contribution in [0, 0.1) is 5.41 Å². The largest absolute Gasteiger partial charge is 0.355 e. The molecule has 5 heteroatoms. The third kappa shape index (κ3) is 4.74. The fourth-order valence-electron chi connectivity index (χ4n) is 1.41. The fourth-order valence-corrected chi connectivity index (χ4v) is 2.11. The minimum absolute atomic E-state index is 0.0147. The Morgan fingerprint density at radius 3 is 2.72 bits per heavy atom. The molecule has 3 N–H and O–H groups in total. The van der Waals surface area contributed by atoms with Crippen LogP contribution in [0.25, 0.3) is 0 Å². The predicted molar refractivity (Wildman–Crippen MR) is 75.6 cm³/mol. The number of hydrogen-bond acceptors (Lipinski definition) is 4.